The van der Waals surface area contributed by atoms with Crippen LogP contribution in [0, 0.1) is 23.7 Å². The quantitative estimate of drug-likeness (QED) is 0.665. The summed E-state index contributed by atoms with van der Waals surface area (Å²) in [4.78, 5) is 0. The lowest BCUT2D eigenvalue weighted by Gasteiger charge is -2.49. The summed E-state index contributed by atoms with van der Waals surface area (Å²) >= 11 is 0. The van der Waals surface area contributed by atoms with Crippen molar-refractivity contribution < 1.29 is 0 Å². The summed E-state index contributed by atoms with van der Waals surface area (Å²) in [6.45, 7) is 0. The smallest absolute Gasteiger partial charge is 0.0496 e. The van der Waals surface area contributed by atoms with E-state index in [1.807, 2.05) is 12.1 Å². The highest BCUT2D eigenvalue weighted by molar-refractivity contribution is 4.92. The van der Waals surface area contributed by atoms with Gasteiger partial charge in [0.1, 0.15) is 0 Å². The van der Waals surface area contributed by atoms with E-state index in [1.165, 1.54) is 23.7 Å². The molecule has 0 amide bonds. The van der Waals surface area contributed by atoms with Gasteiger partial charge in [0.05, 0.1) is 0 Å². The zero-order valence-corrected chi connectivity index (χ0v) is 9.76. The largest absolute Gasteiger partial charge is 0.159 e. The Morgan fingerprint density at radius 2 is 0.875 bits per heavy atom. The Kier molecular flexibility index (Phi) is 2.90. The maximum Gasteiger partial charge on any atom is 0.0496 e. The van der Waals surface area contributed by atoms with E-state index in [1.54, 1.807) is 50.9 Å². The average molecular weight is 216 g/mol. The van der Waals surface area contributed by atoms with Crippen molar-refractivity contribution >= 4 is 0 Å². The first-order valence-electron chi connectivity index (χ1n) is 6.62. The van der Waals surface area contributed by atoms with Crippen LogP contribution in [0.25, 0.3) is 0 Å². The predicted octanol–water partition coefficient (Wildman–Crippen LogP) is 3.31. The van der Waals surface area contributed by atoms with Crippen LogP contribution < -0.4 is 0 Å². The van der Waals surface area contributed by atoms with Gasteiger partial charge in [0.2, 0.25) is 0 Å². The summed E-state index contributed by atoms with van der Waals surface area (Å²) in [5.74, 6) is 4.71. The minimum absolute atomic E-state index is 1.18. The van der Waals surface area contributed by atoms with Crippen molar-refractivity contribution in [2.75, 3.05) is 0 Å². The Morgan fingerprint density at radius 3 is 1.06 bits per heavy atom. The molecule has 0 spiro atoms. The number of aromatic nitrogens is 2. The van der Waals surface area contributed by atoms with Crippen molar-refractivity contribution in [2.24, 2.45) is 23.7 Å². The Balaban J connectivity index is 0.000000117. The molecule has 0 aliphatic heterocycles. The van der Waals surface area contributed by atoms with Crippen LogP contribution in [0.3, 0.4) is 0 Å². The standard InChI is InChI=1S/C10H16.C4H4N2/c1-7-2-9-4-8(1)5-10(3-7)6-9;1-2-4-6-5-3-1/h7-10H,1-6H2;1-4H. The third-order valence-electron chi connectivity index (χ3n) is 4.48. The summed E-state index contributed by atoms with van der Waals surface area (Å²) in [6, 6.07) is 3.65. The Bertz CT molecular complexity index is 240. The summed E-state index contributed by atoms with van der Waals surface area (Å²) in [6.07, 6.45) is 12.9. The normalized spacial score (nSPS) is 39.0. The number of rotatable bonds is 0. The summed E-state index contributed by atoms with van der Waals surface area (Å²) < 4.78 is 0. The summed E-state index contributed by atoms with van der Waals surface area (Å²) in [5.41, 5.74) is 0. The van der Waals surface area contributed by atoms with E-state index >= 15 is 0 Å². The molecular weight excluding hydrogens is 196 g/mol. The van der Waals surface area contributed by atoms with Gasteiger partial charge in [-0.15, -0.1) is 0 Å². The number of hydrogen-bond donors (Lipinski definition) is 0. The van der Waals surface area contributed by atoms with Crippen LogP contribution >= 0.6 is 0 Å². The zero-order chi connectivity index (χ0) is 10.8. The molecule has 0 saturated heterocycles. The van der Waals surface area contributed by atoms with Crippen LogP contribution in [0.2, 0.25) is 0 Å². The molecule has 4 bridgehead atoms. The van der Waals surface area contributed by atoms with Gasteiger partial charge in [0.15, 0.2) is 0 Å². The molecule has 1 aromatic heterocycles. The third kappa shape index (κ3) is 2.26. The van der Waals surface area contributed by atoms with Crippen molar-refractivity contribution in [1.82, 2.24) is 10.2 Å². The lowest BCUT2D eigenvalue weighted by Crippen LogP contribution is -2.38. The van der Waals surface area contributed by atoms with E-state index in [2.05, 4.69) is 10.2 Å². The molecule has 4 aliphatic rings. The van der Waals surface area contributed by atoms with Crippen LogP contribution in [-0.2, 0) is 0 Å². The molecule has 0 N–H and O–H groups in total. The molecular formula is C14H20N2. The van der Waals surface area contributed by atoms with Crippen LogP contribution in [-0.4, -0.2) is 10.2 Å². The molecule has 0 atom stereocenters. The second kappa shape index (κ2) is 4.52. The monoisotopic (exact) mass is 216 g/mol. The van der Waals surface area contributed by atoms with E-state index in [0.717, 1.165) is 0 Å². The third-order valence-corrected chi connectivity index (χ3v) is 4.48. The molecule has 1 aromatic rings. The van der Waals surface area contributed by atoms with Crippen LogP contribution in [0.15, 0.2) is 24.5 Å². The van der Waals surface area contributed by atoms with Gasteiger partial charge < -0.3 is 0 Å². The van der Waals surface area contributed by atoms with Crippen molar-refractivity contribution in [3.63, 3.8) is 0 Å². The molecule has 2 heteroatoms. The minimum Gasteiger partial charge on any atom is -0.159 e. The van der Waals surface area contributed by atoms with Crippen LogP contribution in [0.1, 0.15) is 38.5 Å². The van der Waals surface area contributed by atoms with Crippen molar-refractivity contribution in [3.05, 3.63) is 24.5 Å². The number of nitrogens with zero attached hydrogens (tertiary/aromatic N) is 2. The first-order valence-corrected chi connectivity index (χ1v) is 6.62. The molecule has 5 rings (SSSR count). The molecule has 4 fully saturated rings. The lowest BCUT2D eigenvalue weighted by molar-refractivity contribution is 0.0198. The van der Waals surface area contributed by atoms with Crippen molar-refractivity contribution in [1.29, 1.82) is 0 Å². The van der Waals surface area contributed by atoms with E-state index in [-0.39, 0.29) is 0 Å². The van der Waals surface area contributed by atoms with Crippen LogP contribution in [0.5, 0.6) is 0 Å². The zero-order valence-electron chi connectivity index (χ0n) is 9.76. The molecule has 2 nitrogen and oxygen atoms in total. The predicted molar refractivity (Wildman–Crippen MR) is 63.7 cm³/mol. The highest BCUT2D eigenvalue weighted by Crippen LogP contribution is 2.53. The summed E-state index contributed by atoms with van der Waals surface area (Å²) in [5, 5.41) is 7.07. The maximum absolute atomic E-state index is 3.53. The Hall–Kier alpha value is -0.920. The van der Waals surface area contributed by atoms with Gasteiger partial charge in [-0.05, 0) is 74.3 Å². The molecule has 0 aromatic carbocycles. The van der Waals surface area contributed by atoms with Gasteiger partial charge in [-0.25, -0.2) is 0 Å². The molecule has 4 aliphatic carbocycles. The lowest BCUT2D eigenvalue weighted by atomic mass is 9.56. The first kappa shape index (κ1) is 10.2. The summed E-state index contributed by atoms with van der Waals surface area (Å²) in [7, 11) is 0. The second-order valence-corrected chi connectivity index (χ2v) is 5.79. The van der Waals surface area contributed by atoms with E-state index in [9.17, 15) is 0 Å². The molecule has 16 heavy (non-hydrogen) atoms. The van der Waals surface area contributed by atoms with E-state index in [4.69, 9.17) is 0 Å². The van der Waals surface area contributed by atoms with Gasteiger partial charge >= 0.3 is 0 Å². The van der Waals surface area contributed by atoms with Gasteiger partial charge in [0, 0.05) is 12.4 Å². The minimum atomic E-state index is 1.18. The molecule has 0 unspecified atom stereocenters. The van der Waals surface area contributed by atoms with E-state index < -0.39 is 0 Å². The second-order valence-electron chi connectivity index (χ2n) is 5.79. The average Bonchev–Trinajstić information content (AvgIpc) is 2.30. The molecule has 0 radical (unpaired) electrons. The van der Waals surface area contributed by atoms with Crippen molar-refractivity contribution in [3.8, 4) is 0 Å². The Morgan fingerprint density at radius 1 is 0.562 bits per heavy atom. The highest BCUT2D eigenvalue weighted by atomic mass is 15.1. The Labute approximate surface area is 97.5 Å². The SMILES string of the molecule is C1C2CC3CC1CC(C2)C3.c1ccnnc1. The van der Waals surface area contributed by atoms with Gasteiger partial charge in [-0.1, -0.05) is 0 Å². The first-order chi connectivity index (χ1) is 7.90. The van der Waals surface area contributed by atoms with E-state index in [0.29, 0.717) is 0 Å². The van der Waals surface area contributed by atoms with Gasteiger partial charge in [-0.3, -0.25) is 0 Å². The fraction of sp³-hybridized carbons (Fsp3) is 0.714. The fourth-order valence-corrected chi connectivity index (χ4v) is 4.24. The molecule has 1 heterocycles. The van der Waals surface area contributed by atoms with Crippen molar-refractivity contribution in [2.45, 2.75) is 38.5 Å². The van der Waals surface area contributed by atoms with Gasteiger partial charge in [-0.2, -0.15) is 10.2 Å². The molecule has 86 valence electrons. The fourth-order valence-electron chi connectivity index (χ4n) is 4.24. The van der Waals surface area contributed by atoms with Gasteiger partial charge in [0.25, 0.3) is 0 Å². The van der Waals surface area contributed by atoms with Crippen LogP contribution in [0.4, 0.5) is 0 Å². The maximum atomic E-state index is 3.53. The molecule has 4 saturated carbocycles. The topological polar surface area (TPSA) is 25.8 Å². The number of hydrogen-bond acceptors (Lipinski definition) is 2. The highest BCUT2D eigenvalue weighted by Gasteiger charge is 2.41.